The number of ether oxygens (including phenoxy) is 1. The normalized spacial score (nSPS) is 11.5. The molecule has 2 aromatic carbocycles. The number of nitrogens with one attached hydrogen (secondary N) is 1. The number of benzene rings is 2. The van der Waals surface area contributed by atoms with E-state index in [9.17, 15) is 13.2 Å². The van der Waals surface area contributed by atoms with E-state index in [0.717, 1.165) is 0 Å². The topological polar surface area (TPSA) is 88.8 Å². The highest BCUT2D eigenvalue weighted by Gasteiger charge is 2.22. The summed E-state index contributed by atoms with van der Waals surface area (Å²) < 4.78 is 37.4. The Hall–Kier alpha value is -2.81. The molecule has 3 rings (SSSR count). The SMILES string of the molecule is COc1ccc(C(=O)NCc2ccco2)cc1CN(C)S(=O)(=O)c1ccc(Cl)cc1. The third-order valence-electron chi connectivity index (χ3n) is 4.46. The lowest BCUT2D eigenvalue weighted by molar-refractivity contribution is 0.0948. The molecule has 3 aromatic rings. The zero-order valence-corrected chi connectivity index (χ0v) is 18.0. The molecule has 0 radical (unpaired) electrons. The van der Waals surface area contributed by atoms with Gasteiger partial charge in [-0.15, -0.1) is 0 Å². The lowest BCUT2D eigenvalue weighted by atomic mass is 10.1. The van der Waals surface area contributed by atoms with Crippen molar-refractivity contribution in [3.8, 4) is 5.75 Å². The van der Waals surface area contributed by atoms with E-state index in [0.29, 0.717) is 27.7 Å². The van der Waals surface area contributed by atoms with Crippen LogP contribution in [0.2, 0.25) is 5.02 Å². The van der Waals surface area contributed by atoms with Crippen molar-refractivity contribution in [2.45, 2.75) is 18.0 Å². The lowest BCUT2D eigenvalue weighted by Gasteiger charge is -2.19. The van der Waals surface area contributed by atoms with Gasteiger partial charge in [-0.3, -0.25) is 4.79 Å². The summed E-state index contributed by atoms with van der Waals surface area (Å²) in [6.45, 7) is 0.269. The lowest BCUT2D eigenvalue weighted by Crippen LogP contribution is -2.27. The molecule has 0 fully saturated rings. The summed E-state index contributed by atoms with van der Waals surface area (Å²) in [5, 5.41) is 3.21. The van der Waals surface area contributed by atoms with Gasteiger partial charge in [0, 0.05) is 29.7 Å². The number of carbonyl (C=O) groups excluding carboxylic acids is 1. The van der Waals surface area contributed by atoms with Crippen LogP contribution in [0.5, 0.6) is 5.75 Å². The first-order valence-electron chi connectivity index (χ1n) is 9.00. The van der Waals surface area contributed by atoms with Crippen molar-refractivity contribution in [2.75, 3.05) is 14.2 Å². The number of furan rings is 1. The maximum absolute atomic E-state index is 12.9. The molecule has 0 aliphatic rings. The second-order valence-corrected chi connectivity index (χ2v) is 8.98. The highest BCUT2D eigenvalue weighted by Crippen LogP contribution is 2.25. The maximum atomic E-state index is 12.9. The van der Waals surface area contributed by atoms with Crippen molar-refractivity contribution in [1.82, 2.24) is 9.62 Å². The van der Waals surface area contributed by atoms with E-state index in [4.69, 9.17) is 20.8 Å². The number of halogens is 1. The Bertz CT molecular complexity index is 1110. The molecule has 1 heterocycles. The minimum absolute atomic E-state index is 0.0213. The monoisotopic (exact) mass is 448 g/mol. The van der Waals surface area contributed by atoms with Crippen molar-refractivity contribution in [3.05, 3.63) is 82.8 Å². The number of hydrogen-bond donors (Lipinski definition) is 1. The van der Waals surface area contributed by atoms with Gasteiger partial charge in [-0.1, -0.05) is 11.6 Å². The van der Waals surface area contributed by atoms with Gasteiger partial charge in [0.25, 0.3) is 5.91 Å². The molecule has 0 spiro atoms. The summed E-state index contributed by atoms with van der Waals surface area (Å²) in [6, 6.07) is 14.3. The van der Waals surface area contributed by atoms with Gasteiger partial charge in [-0.2, -0.15) is 4.31 Å². The highest BCUT2D eigenvalue weighted by molar-refractivity contribution is 7.89. The molecule has 158 valence electrons. The van der Waals surface area contributed by atoms with Gasteiger partial charge in [0.1, 0.15) is 11.5 Å². The van der Waals surface area contributed by atoms with E-state index in [-0.39, 0.29) is 23.9 Å². The Morgan fingerprint density at radius 1 is 1.17 bits per heavy atom. The van der Waals surface area contributed by atoms with Crippen LogP contribution in [0.3, 0.4) is 0 Å². The van der Waals surface area contributed by atoms with Crippen molar-refractivity contribution >= 4 is 27.5 Å². The first kappa shape index (κ1) is 21.9. The van der Waals surface area contributed by atoms with E-state index >= 15 is 0 Å². The highest BCUT2D eigenvalue weighted by atomic mass is 35.5. The average molecular weight is 449 g/mol. The summed E-state index contributed by atoms with van der Waals surface area (Å²) in [7, 11) is -0.791. The van der Waals surface area contributed by atoms with Gasteiger partial charge in [-0.25, -0.2) is 8.42 Å². The van der Waals surface area contributed by atoms with E-state index in [2.05, 4.69) is 5.32 Å². The molecule has 9 heteroatoms. The van der Waals surface area contributed by atoms with Crippen molar-refractivity contribution in [3.63, 3.8) is 0 Å². The standard InChI is InChI=1S/C21H21ClN2O5S/c1-24(30(26,27)19-8-6-17(22)7-9-19)14-16-12-15(5-10-20(16)28-2)21(25)23-13-18-4-3-11-29-18/h3-12H,13-14H2,1-2H3,(H,23,25). The van der Waals surface area contributed by atoms with Crippen LogP contribution in [0, 0.1) is 0 Å². The second kappa shape index (κ2) is 9.34. The van der Waals surface area contributed by atoms with Crippen molar-refractivity contribution in [2.24, 2.45) is 0 Å². The molecule has 30 heavy (non-hydrogen) atoms. The van der Waals surface area contributed by atoms with Crippen LogP contribution in [0.25, 0.3) is 0 Å². The summed E-state index contributed by atoms with van der Waals surface area (Å²) in [4.78, 5) is 12.6. The summed E-state index contributed by atoms with van der Waals surface area (Å²) in [5.74, 6) is 0.806. The number of sulfonamides is 1. The Morgan fingerprint density at radius 2 is 1.90 bits per heavy atom. The predicted octanol–water partition coefficient (Wildman–Crippen LogP) is 3.69. The average Bonchev–Trinajstić information content (AvgIpc) is 3.26. The number of methoxy groups -OCH3 is 1. The molecule has 0 bridgehead atoms. The molecule has 0 atom stereocenters. The zero-order valence-electron chi connectivity index (χ0n) is 16.5. The third-order valence-corrected chi connectivity index (χ3v) is 6.53. The van der Waals surface area contributed by atoms with Gasteiger partial charge in [0.05, 0.1) is 24.8 Å². The number of hydrogen-bond acceptors (Lipinski definition) is 5. The second-order valence-electron chi connectivity index (χ2n) is 6.50. The quantitative estimate of drug-likeness (QED) is 0.567. The summed E-state index contributed by atoms with van der Waals surface area (Å²) in [6.07, 6.45) is 1.53. The Kier molecular flexibility index (Phi) is 6.81. The van der Waals surface area contributed by atoms with E-state index in [1.165, 1.54) is 49.0 Å². The van der Waals surface area contributed by atoms with Gasteiger partial charge >= 0.3 is 0 Å². The molecule has 1 N–H and O–H groups in total. The fraction of sp³-hybridized carbons (Fsp3) is 0.190. The Labute approximate surface area is 180 Å². The third kappa shape index (κ3) is 5.02. The molecule has 7 nitrogen and oxygen atoms in total. The maximum Gasteiger partial charge on any atom is 0.251 e. The number of nitrogens with zero attached hydrogens (tertiary/aromatic N) is 1. The number of rotatable bonds is 8. The fourth-order valence-electron chi connectivity index (χ4n) is 2.84. The Balaban J connectivity index is 1.79. The van der Waals surface area contributed by atoms with Crippen LogP contribution in [-0.4, -0.2) is 32.8 Å². The minimum atomic E-state index is -3.75. The number of amides is 1. The molecule has 1 amide bonds. The van der Waals surface area contributed by atoms with E-state index < -0.39 is 10.0 Å². The van der Waals surface area contributed by atoms with Crippen LogP contribution >= 0.6 is 11.6 Å². The van der Waals surface area contributed by atoms with Crippen LogP contribution in [0.1, 0.15) is 21.7 Å². The summed E-state index contributed by atoms with van der Waals surface area (Å²) >= 11 is 5.85. The number of carbonyl (C=O) groups is 1. The van der Waals surface area contributed by atoms with E-state index in [1.54, 1.807) is 30.3 Å². The molecule has 0 unspecified atom stereocenters. The molecule has 1 aromatic heterocycles. The smallest absolute Gasteiger partial charge is 0.251 e. The molecule has 0 saturated carbocycles. The zero-order chi connectivity index (χ0) is 21.7. The van der Waals surface area contributed by atoms with Gasteiger partial charge in [0.15, 0.2) is 0 Å². The van der Waals surface area contributed by atoms with Crippen molar-refractivity contribution < 1.29 is 22.4 Å². The molecular weight excluding hydrogens is 428 g/mol. The van der Waals surface area contributed by atoms with Gasteiger partial charge < -0.3 is 14.5 Å². The van der Waals surface area contributed by atoms with Crippen molar-refractivity contribution in [1.29, 1.82) is 0 Å². The van der Waals surface area contributed by atoms with E-state index in [1.807, 2.05) is 0 Å². The van der Waals surface area contributed by atoms with Crippen LogP contribution in [0.4, 0.5) is 0 Å². The molecule has 0 aliphatic heterocycles. The molecule has 0 saturated heterocycles. The largest absolute Gasteiger partial charge is 0.496 e. The van der Waals surface area contributed by atoms with Gasteiger partial charge in [0.2, 0.25) is 10.0 Å². The predicted molar refractivity (Wildman–Crippen MR) is 113 cm³/mol. The first-order chi connectivity index (χ1) is 14.3. The minimum Gasteiger partial charge on any atom is -0.496 e. The van der Waals surface area contributed by atoms with Gasteiger partial charge in [-0.05, 0) is 54.6 Å². The first-order valence-corrected chi connectivity index (χ1v) is 10.8. The van der Waals surface area contributed by atoms with Crippen LogP contribution < -0.4 is 10.1 Å². The summed E-state index contributed by atoms with van der Waals surface area (Å²) in [5.41, 5.74) is 0.942. The fourth-order valence-corrected chi connectivity index (χ4v) is 4.11. The van der Waals surface area contributed by atoms with Crippen LogP contribution in [0.15, 0.2) is 70.2 Å². The molecular formula is C21H21ClN2O5S. The Morgan fingerprint density at radius 3 is 2.53 bits per heavy atom. The van der Waals surface area contributed by atoms with Crippen LogP contribution in [-0.2, 0) is 23.1 Å². The molecule has 0 aliphatic carbocycles.